The molecule has 0 spiro atoms. The summed E-state index contributed by atoms with van der Waals surface area (Å²) in [5, 5.41) is 0. The van der Waals surface area contributed by atoms with E-state index >= 15 is 0 Å². The number of benzene rings is 1. The average molecular weight is 261 g/mol. The molecule has 3 rings (SSSR count). The second kappa shape index (κ2) is 3.38. The number of allylic oxidation sites excluding steroid dienone is 1. The van der Waals surface area contributed by atoms with Gasteiger partial charge in [0.05, 0.1) is 6.26 Å². The lowest BCUT2D eigenvalue weighted by Crippen LogP contribution is -1.85. The van der Waals surface area contributed by atoms with Crippen LogP contribution in [0.25, 0.3) is 5.57 Å². The Balaban J connectivity index is 2.11. The Morgan fingerprint density at radius 3 is 2.93 bits per heavy atom. The summed E-state index contributed by atoms with van der Waals surface area (Å²) in [5.41, 5.74) is 3.85. The van der Waals surface area contributed by atoms with Crippen LogP contribution < -0.4 is 0 Å². The molecule has 1 aliphatic carbocycles. The first kappa shape index (κ1) is 8.98. The SMILES string of the molecule is Brc1ccc2c(c1)CC=C2c1ccco1. The molecule has 0 aliphatic heterocycles. The fourth-order valence-corrected chi connectivity index (χ4v) is 2.39. The molecule has 2 aromatic rings. The van der Waals surface area contributed by atoms with Gasteiger partial charge in [0.25, 0.3) is 0 Å². The third kappa shape index (κ3) is 1.45. The van der Waals surface area contributed by atoms with Gasteiger partial charge in [-0.15, -0.1) is 0 Å². The van der Waals surface area contributed by atoms with E-state index in [0.717, 1.165) is 16.7 Å². The highest BCUT2D eigenvalue weighted by atomic mass is 79.9. The van der Waals surface area contributed by atoms with Crippen molar-refractivity contribution in [3.63, 3.8) is 0 Å². The molecular weight excluding hydrogens is 252 g/mol. The van der Waals surface area contributed by atoms with Gasteiger partial charge < -0.3 is 4.42 Å². The minimum absolute atomic E-state index is 0.955. The molecule has 2 heteroatoms. The molecule has 1 heterocycles. The molecule has 0 N–H and O–H groups in total. The molecule has 0 fully saturated rings. The molecule has 74 valence electrons. The summed E-state index contributed by atoms with van der Waals surface area (Å²) in [6.45, 7) is 0. The van der Waals surface area contributed by atoms with Crippen LogP contribution in [0.3, 0.4) is 0 Å². The number of rotatable bonds is 1. The zero-order chi connectivity index (χ0) is 10.3. The predicted octanol–water partition coefficient (Wildman–Crippen LogP) is 4.03. The number of hydrogen-bond donors (Lipinski definition) is 0. The molecule has 0 unspecified atom stereocenters. The highest BCUT2D eigenvalue weighted by molar-refractivity contribution is 9.10. The fraction of sp³-hybridized carbons (Fsp3) is 0.0769. The standard InChI is InChI=1S/C13H9BrO/c14-10-4-6-11-9(8-10)3-5-12(11)13-2-1-7-15-13/h1-2,4-8H,3H2. The van der Waals surface area contributed by atoms with E-state index in [-0.39, 0.29) is 0 Å². The maximum absolute atomic E-state index is 5.42. The summed E-state index contributed by atoms with van der Waals surface area (Å²) in [5.74, 6) is 0.955. The van der Waals surface area contributed by atoms with Crippen LogP contribution in [0.1, 0.15) is 16.9 Å². The summed E-state index contributed by atoms with van der Waals surface area (Å²) < 4.78 is 6.56. The summed E-state index contributed by atoms with van der Waals surface area (Å²) in [6, 6.07) is 10.3. The van der Waals surface area contributed by atoms with Crippen LogP contribution in [0.4, 0.5) is 0 Å². The molecule has 0 radical (unpaired) electrons. The van der Waals surface area contributed by atoms with Crippen LogP contribution >= 0.6 is 15.9 Å². The van der Waals surface area contributed by atoms with E-state index in [9.17, 15) is 0 Å². The minimum atomic E-state index is 0.955. The molecule has 1 aromatic carbocycles. The maximum Gasteiger partial charge on any atom is 0.134 e. The van der Waals surface area contributed by atoms with Crippen molar-refractivity contribution in [2.24, 2.45) is 0 Å². The molecule has 0 saturated carbocycles. The molecule has 15 heavy (non-hydrogen) atoms. The molecule has 0 saturated heterocycles. The Labute approximate surface area is 96.5 Å². The number of hydrogen-bond acceptors (Lipinski definition) is 1. The molecule has 1 aromatic heterocycles. The quantitative estimate of drug-likeness (QED) is 0.755. The van der Waals surface area contributed by atoms with Gasteiger partial charge in [0.2, 0.25) is 0 Å². The lowest BCUT2D eigenvalue weighted by atomic mass is 10.0. The predicted molar refractivity (Wildman–Crippen MR) is 63.6 cm³/mol. The van der Waals surface area contributed by atoms with Gasteiger partial charge in [-0.05, 0) is 41.8 Å². The Morgan fingerprint density at radius 2 is 2.13 bits per heavy atom. The third-order valence-electron chi connectivity index (χ3n) is 2.67. The van der Waals surface area contributed by atoms with E-state index < -0.39 is 0 Å². The summed E-state index contributed by atoms with van der Waals surface area (Å²) >= 11 is 3.49. The lowest BCUT2D eigenvalue weighted by molar-refractivity contribution is 0.554. The van der Waals surface area contributed by atoms with E-state index in [0.29, 0.717) is 0 Å². The minimum Gasteiger partial charge on any atom is -0.464 e. The van der Waals surface area contributed by atoms with Crippen molar-refractivity contribution in [1.29, 1.82) is 0 Å². The smallest absolute Gasteiger partial charge is 0.134 e. The van der Waals surface area contributed by atoms with Gasteiger partial charge in [0, 0.05) is 10.0 Å². The second-order valence-electron chi connectivity index (χ2n) is 3.60. The van der Waals surface area contributed by atoms with Crippen molar-refractivity contribution in [2.75, 3.05) is 0 Å². The van der Waals surface area contributed by atoms with Crippen molar-refractivity contribution in [3.8, 4) is 0 Å². The zero-order valence-electron chi connectivity index (χ0n) is 8.03. The van der Waals surface area contributed by atoms with Crippen molar-refractivity contribution in [3.05, 3.63) is 64.0 Å². The fourth-order valence-electron chi connectivity index (χ4n) is 1.98. The Bertz CT molecular complexity index is 523. The third-order valence-corrected chi connectivity index (χ3v) is 3.16. The van der Waals surface area contributed by atoms with E-state index in [1.807, 2.05) is 12.1 Å². The normalized spacial score (nSPS) is 13.8. The van der Waals surface area contributed by atoms with Crippen LogP contribution in [0.2, 0.25) is 0 Å². The van der Waals surface area contributed by atoms with Gasteiger partial charge >= 0.3 is 0 Å². The van der Waals surface area contributed by atoms with Crippen LogP contribution in [-0.2, 0) is 6.42 Å². The van der Waals surface area contributed by atoms with Gasteiger partial charge in [-0.25, -0.2) is 0 Å². The van der Waals surface area contributed by atoms with Gasteiger partial charge in [-0.1, -0.05) is 28.1 Å². The average Bonchev–Trinajstić information content (AvgIpc) is 2.82. The molecule has 0 bridgehead atoms. The topological polar surface area (TPSA) is 13.1 Å². The van der Waals surface area contributed by atoms with Crippen LogP contribution in [0.5, 0.6) is 0 Å². The monoisotopic (exact) mass is 260 g/mol. The first-order valence-corrected chi connectivity index (χ1v) is 5.67. The van der Waals surface area contributed by atoms with Gasteiger partial charge in [-0.3, -0.25) is 0 Å². The molecule has 1 aliphatic rings. The summed E-state index contributed by atoms with van der Waals surface area (Å²) in [6.07, 6.45) is 4.92. The van der Waals surface area contributed by atoms with Gasteiger partial charge in [0.15, 0.2) is 0 Å². The van der Waals surface area contributed by atoms with Gasteiger partial charge in [0.1, 0.15) is 5.76 Å². The van der Waals surface area contributed by atoms with Crippen LogP contribution in [0.15, 0.2) is 51.6 Å². The van der Waals surface area contributed by atoms with E-state index in [1.165, 1.54) is 16.7 Å². The largest absolute Gasteiger partial charge is 0.464 e. The number of halogens is 1. The first-order chi connectivity index (χ1) is 7.34. The summed E-state index contributed by atoms with van der Waals surface area (Å²) in [4.78, 5) is 0. The van der Waals surface area contributed by atoms with E-state index in [4.69, 9.17) is 4.42 Å². The van der Waals surface area contributed by atoms with Crippen molar-refractivity contribution in [2.45, 2.75) is 6.42 Å². The van der Waals surface area contributed by atoms with Crippen molar-refractivity contribution in [1.82, 2.24) is 0 Å². The Kier molecular flexibility index (Phi) is 2.03. The zero-order valence-corrected chi connectivity index (χ0v) is 9.62. The van der Waals surface area contributed by atoms with Crippen molar-refractivity contribution >= 4 is 21.5 Å². The molecular formula is C13H9BrO. The summed E-state index contributed by atoms with van der Waals surface area (Å²) in [7, 11) is 0. The highest BCUT2D eigenvalue weighted by Crippen LogP contribution is 2.34. The van der Waals surface area contributed by atoms with E-state index in [1.54, 1.807) is 6.26 Å². The maximum atomic E-state index is 5.42. The number of furan rings is 1. The van der Waals surface area contributed by atoms with Crippen LogP contribution in [0, 0.1) is 0 Å². The van der Waals surface area contributed by atoms with E-state index in [2.05, 4.69) is 40.2 Å². The van der Waals surface area contributed by atoms with Crippen molar-refractivity contribution < 1.29 is 4.42 Å². The lowest BCUT2D eigenvalue weighted by Gasteiger charge is -2.03. The number of fused-ring (bicyclic) bond motifs is 1. The second-order valence-corrected chi connectivity index (χ2v) is 4.52. The highest BCUT2D eigenvalue weighted by Gasteiger charge is 2.17. The molecule has 1 nitrogen and oxygen atoms in total. The van der Waals surface area contributed by atoms with Crippen LogP contribution in [-0.4, -0.2) is 0 Å². The molecule has 0 atom stereocenters. The molecule has 0 amide bonds. The Morgan fingerprint density at radius 1 is 1.20 bits per heavy atom. The first-order valence-electron chi connectivity index (χ1n) is 4.87. The van der Waals surface area contributed by atoms with Gasteiger partial charge in [-0.2, -0.15) is 0 Å². The Hall–Kier alpha value is -1.28.